The minimum Gasteiger partial charge on any atom is -0.388 e. The minimum atomic E-state index is -0.569. The fourth-order valence-corrected chi connectivity index (χ4v) is 1.59. The van der Waals surface area contributed by atoms with Gasteiger partial charge in [0.15, 0.2) is 0 Å². The minimum absolute atomic E-state index is 0.524. The van der Waals surface area contributed by atoms with E-state index in [0.717, 1.165) is 19.6 Å². The average Bonchev–Trinajstić information content (AvgIpc) is 2.10. The van der Waals surface area contributed by atoms with E-state index >= 15 is 0 Å². The van der Waals surface area contributed by atoms with E-state index in [0.29, 0.717) is 12.6 Å². The number of hydrogen-bond acceptors (Lipinski definition) is 3. The monoisotopic (exact) mass is 172 g/mol. The van der Waals surface area contributed by atoms with Gasteiger partial charge in [0.2, 0.25) is 0 Å². The van der Waals surface area contributed by atoms with Crippen LogP contribution in [-0.2, 0) is 0 Å². The van der Waals surface area contributed by atoms with Crippen LogP contribution in [0.4, 0.5) is 0 Å². The lowest BCUT2D eigenvalue weighted by Gasteiger charge is -2.30. The predicted octanol–water partition coefficient (Wildman–Crippen LogP) is 0.0510. The Balaban J connectivity index is 2.54. The van der Waals surface area contributed by atoms with Crippen molar-refractivity contribution in [3.63, 3.8) is 0 Å². The van der Waals surface area contributed by atoms with Gasteiger partial charge in [0.25, 0.3) is 0 Å². The zero-order valence-corrected chi connectivity index (χ0v) is 8.30. The summed E-state index contributed by atoms with van der Waals surface area (Å²) in [7, 11) is 0. The molecule has 1 rings (SSSR count). The third-order valence-electron chi connectivity index (χ3n) is 2.36. The molecule has 1 aliphatic heterocycles. The van der Waals surface area contributed by atoms with E-state index in [9.17, 15) is 5.11 Å². The first-order valence-electron chi connectivity index (χ1n) is 4.68. The molecule has 0 radical (unpaired) electrons. The molecule has 0 spiro atoms. The van der Waals surface area contributed by atoms with E-state index in [1.54, 1.807) is 0 Å². The van der Waals surface area contributed by atoms with Crippen molar-refractivity contribution in [2.45, 2.75) is 32.4 Å². The Bertz CT molecular complexity index is 145. The van der Waals surface area contributed by atoms with Crippen LogP contribution < -0.4 is 5.32 Å². The highest BCUT2D eigenvalue weighted by Crippen LogP contribution is 2.10. The van der Waals surface area contributed by atoms with Gasteiger partial charge < -0.3 is 10.4 Å². The Hall–Kier alpha value is -0.120. The van der Waals surface area contributed by atoms with Crippen LogP contribution in [0.3, 0.4) is 0 Å². The molecule has 1 heterocycles. The number of nitrogens with one attached hydrogen (secondary N) is 1. The van der Waals surface area contributed by atoms with Crippen LogP contribution in [0.1, 0.15) is 20.8 Å². The molecule has 1 atom stereocenters. The summed E-state index contributed by atoms with van der Waals surface area (Å²) in [5, 5.41) is 13.1. The number of rotatable bonds is 1. The van der Waals surface area contributed by atoms with Gasteiger partial charge in [-0.15, -0.1) is 0 Å². The first-order valence-corrected chi connectivity index (χ1v) is 4.68. The van der Waals surface area contributed by atoms with Crippen molar-refractivity contribution in [1.29, 1.82) is 0 Å². The zero-order valence-electron chi connectivity index (χ0n) is 8.30. The summed E-state index contributed by atoms with van der Waals surface area (Å²) in [6.07, 6.45) is 0. The van der Waals surface area contributed by atoms with Gasteiger partial charge in [-0.3, -0.25) is 4.90 Å². The van der Waals surface area contributed by atoms with E-state index in [2.05, 4.69) is 24.1 Å². The molecule has 1 saturated heterocycles. The Labute approximate surface area is 74.8 Å². The Morgan fingerprint density at radius 3 is 2.75 bits per heavy atom. The Kier molecular flexibility index (Phi) is 3.09. The summed E-state index contributed by atoms with van der Waals surface area (Å²) in [5.41, 5.74) is -0.569. The molecule has 0 aromatic heterocycles. The summed E-state index contributed by atoms with van der Waals surface area (Å²) in [6, 6.07) is 0.524. The van der Waals surface area contributed by atoms with E-state index in [-0.39, 0.29) is 0 Å². The quantitative estimate of drug-likeness (QED) is 0.587. The third kappa shape index (κ3) is 2.73. The molecule has 0 saturated carbocycles. The van der Waals surface area contributed by atoms with Crippen LogP contribution in [0.25, 0.3) is 0 Å². The van der Waals surface area contributed by atoms with Crippen LogP contribution in [0.2, 0.25) is 0 Å². The average molecular weight is 172 g/mol. The highest BCUT2D eigenvalue weighted by molar-refractivity contribution is 4.84. The molecule has 1 unspecified atom stereocenters. The Morgan fingerprint density at radius 1 is 1.50 bits per heavy atom. The van der Waals surface area contributed by atoms with Gasteiger partial charge in [-0.2, -0.15) is 0 Å². The molecule has 72 valence electrons. The molecule has 0 aromatic rings. The highest BCUT2D eigenvalue weighted by Gasteiger charge is 2.27. The summed E-state index contributed by atoms with van der Waals surface area (Å²) < 4.78 is 0. The highest BCUT2D eigenvalue weighted by atomic mass is 16.3. The van der Waals surface area contributed by atoms with Gasteiger partial charge in [-0.05, 0) is 20.8 Å². The fourth-order valence-electron chi connectivity index (χ4n) is 1.59. The number of β-amino-alcohol motifs (C(OH)–C–C–N with tert-alkyl or cyclic N) is 1. The van der Waals surface area contributed by atoms with Crippen LogP contribution >= 0.6 is 0 Å². The summed E-state index contributed by atoms with van der Waals surface area (Å²) in [5.74, 6) is 0. The van der Waals surface area contributed by atoms with E-state index < -0.39 is 5.60 Å². The second-order valence-corrected chi connectivity index (χ2v) is 4.24. The summed E-state index contributed by atoms with van der Waals surface area (Å²) in [6.45, 7) is 9.72. The molecule has 1 aliphatic rings. The van der Waals surface area contributed by atoms with E-state index in [4.69, 9.17) is 0 Å². The van der Waals surface area contributed by atoms with Gasteiger partial charge in [0.05, 0.1) is 5.60 Å². The molecule has 2 N–H and O–H groups in total. The molecule has 0 bridgehead atoms. The van der Waals surface area contributed by atoms with Gasteiger partial charge in [-0.1, -0.05) is 0 Å². The molecule has 0 aliphatic carbocycles. The zero-order chi connectivity index (χ0) is 9.19. The predicted molar refractivity (Wildman–Crippen MR) is 50.2 cm³/mol. The molecular weight excluding hydrogens is 152 g/mol. The molecule has 0 aromatic carbocycles. The van der Waals surface area contributed by atoms with Crippen molar-refractivity contribution < 1.29 is 5.11 Å². The molecule has 3 heteroatoms. The first-order chi connectivity index (χ1) is 5.51. The number of aliphatic hydroxyl groups is 1. The SMILES string of the molecule is CC(C)N1CCNCC(C)(O)C1. The lowest BCUT2D eigenvalue weighted by Crippen LogP contribution is -2.45. The largest absolute Gasteiger partial charge is 0.388 e. The van der Waals surface area contributed by atoms with Gasteiger partial charge in [0.1, 0.15) is 0 Å². The van der Waals surface area contributed by atoms with E-state index in [1.165, 1.54) is 0 Å². The van der Waals surface area contributed by atoms with Crippen LogP contribution in [0.15, 0.2) is 0 Å². The number of hydrogen-bond donors (Lipinski definition) is 2. The summed E-state index contributed by atoms with van der Waals surface area (Å²) in [4.78, 5) is 2.31. The van der Waals surface area contributed by atoms with Crippen LogP contribution in [0, 0.1) is 0 Å². The van der Waals surface area contributed by atoms with Gasteiger partial charge >= 0.3 is 0 Å². The van der Waals surface area contributed by atoms with Crippen LogP contribution in [0.5, 0.6) is 0 Å². The fraction of sp³-hybridized carbons (Fsp3) is 1.00. The van der Waals surface area contributed by atoms with E-state index in [1.807, 2.05) is 6.92 Å². The van der Waals surface area contributed by atoms with Gasteiger partial charge in [-0.25, -0.2) is 0 Å². The van der Waals surface area contributed by atoms with Gasteiger partial charge in [0, 0.05) is 32.2 Å². The normalized spacial score (nSPS) is 33.8. The number of nitrogens with zero attached hydrogens (tertiary/aromatic N) is 1. The standard InChI is InChI=1S/C9H20N2O/c1-8(2)11-5-4-10-6-9(3,12)7-11/h8,10,12H,4-7H2,1-3H3. The topological polar surface area (TPSA) is 35.5 Å². The second-order valence-electron chi connectivity index (χ2n) is 4.24. The molecule has 3 nitrogen and oxygen atoms in total. The van der Waals surface area contributed by atoms with Crippen molar-refractivity contribution in [2.24, 2.45) is 0 Å². The first kappa shape index (κ1) is 9.96. The van der Waals surface area contributed by atoms with Crippen LogP contribution in [-0.4, -0.2) is 47.8 Å². The Morgan fingerprint density at radius 2 is 2.17 bits per heavy atom. The maximum absolute atomic E-state index is 9.87. The van der Waals surface area contributed by atoms with Crippen molar-refractivity contribution in [1.82, 2.24) is 10.2 Å². The van der Waals surface area contributed by atoms with Crippen molar-refractivity contribution in [3.8, 4) is 0 Å². The van der Waals surface area contributed by atoms with Crippen molar-refractivity contribution in [3.05, 3.63) is 0 Å². The maximum Gasteiger partial charge on any atom is 0.0869 e. The second kappa shape index (κ2) is 3.73. The lowest BCUT2D eigenvalue weighted by atomic mass is 10.1. The molecule has 12 heavy (non-hydrogen) atoms. The molecule has 1 fully saturated rings. The molecule has 0 amide bonds. The smallest absolute Gasteiger partial charge is 0.0869 e. The maximum atomic E-state index is 9.87. The third-order valence-corrected chi connectivity index (χ3v) is 2.36. The molecular formula is C9H20N2O. The lowest BCUT2D eigenvalue weighted by molar-refractivity contribution is 0.0258. The van der Waals surface area contributed by atoms with Crippen molar-refractivity contribution >= 4 is 0 Å². The van der Waals surface area contributed by atoms with Crippen molar-refractivity contribution in [2.75, 3.05) is 26.2 Å². The summed E-state index contributed by atoms with van der Waals surface area (Å²) >= 11 is 0.